The van der Waals surface area contributed by atoms with E-state index in [4.69, 9.17) is 11.6 Å². The van der Waals surface area contributed by atoms with E-state index in [1.165, 1.54) is 0 Å². The van der Waals surface area contributed by atoms with Crippen LogP contribution in [0.15, 0.2) is 55.1 Å². The summed E-state index contributed by atoms with van der Waals surface area (Å²) < 4.78 is 0. The highest BCUT2D eigenvalue weighted by molar-refractivity contribution is 6.33. The standard InChI is InChI=1S/C9H8ClN3.C9H9N3.CH4/c1-6-8(10)9(13-12-6)7-2-4-11-5-3-7;1-7-6-9(12-11-7)8-2-4-10-5-3-8;/h2-5H,1H3,(H,12,13);2-6H,1H3,(H,11,12);1H4. The Balaban J connectivity index is 0.000000180. The Morgan fingerprint density at radius 1 is 0.808 bits per heavy atom. The first-order valence-electron chi connectivity index (χ1n) is 7.68. The molecule has 0 radical (unpaired) electrons. The van der Waals surface area contributed by atoms with Crippen LogP contribution in [0, 0.1) is 13.8 Å². The maximum Gasteiger partial charge on any atom is 0.111 e. The number of aryl methyl sites for hydroxylation is 2. The van der Waals surface area contributed by atoms with Crippen LogP contribution in [0.3, 0.4) is 0 Å². The Hall–Kier alpha value is -2.99. The lowest BCUT2D eigenvalue weighted by Crippen LogP contribution is -1.78. The number of hydrogen-bond donors (Lipinski definition) is 2. The first-order chi connectivity index (χ1) is 12.1. The van der Waals surface area contributed by atoms with Crippen molar-refractivity contribution >= 4 is 11.6 Å². The molecule has 4 heterocycles. The fourth-order valence-corrected chi connectivity index (χ4v) is 2.40. The summed E-state index contributed by atoms with van der Waals surface area (Å²) in [7, 11) is 0. The molecule has 0 bridgehead atoms. The first kappa shape index (κ1) is 19.3. The van der Waals surface area contributed by atoms with E-state index in [0.29, 0.717) is 5.02 Å². The Labute approximate surface area is 157 Å². The van der Waals surface area contributed by atoms with Crippen LogP contribution < -0.4 is 0 Å². The Kier molecular flexibility index (Phi) is 6.63. The quantitative estimate of drug-likeness (QED) is 0.529. The zero-order valence-corrected chi connectivity index (χ0v) is 14.6. The second-order valence-corrected chi connectivity index (χ2v) is 5.80. The summed E-state index contributed by atoms with van der Waals surface area (Å²) in [5, 5.41) is 14.6. The van der Waals surface area contributed by atoms with Gasteiger partial charge in [0.25, 0.3) is 0 Å². The van der Waals surface area contributed by atoms with Crippen molar-refractivity contribution in [1.29, 1.82) is 0 Å². The largest absolute Gasteiger partial charge is 0.282 e. The summed E-state index contributed by atoms with van der Waals surface area (Å²) in [6.45, 7) is 3.87. The van der Waals surface area contributed by atoms with Crippen LogP contribution in [-0.4, -0.2) is 30.4 Å². The summed E-state index contributed by atoms with van der Waals surface area (Å²) in [6.07, 6.45) is 6.96. The molecule has 7 heteroatoms. The van der Waals surface area contributed by atoms with Gasteiger partial charge in [0.05, 0.1) is 16.4 Å². The number of nitrogens with one attached hydrogen (secondary N) is 2. The maximum atomic E-state index is 6.03. The topological polar surface area (TPSA) is 83.1 Å². The molecule has 0 saturated carbocycles. The van der Waals surface area contributed by atoms with Crippen LogP contribution in [0.2, 0.25) is 5.02 Å². The van der Waals surface area contributed by atoms with E-state index in [2.05, 4.69) is 30.4 Å². The van der Waals surface area contributed by atoms with E-state index in [1.807, 2.05) is 44.2 Å². The lowest BCUT2D eigenvalue weighted by atomic mass is 10.2. The molecule has 0 fully saturated rings. The molecule has 0 atom stereocenters. The van der Waals surface area contributed by atoms with Crippen LogP contribution in [0.4, 0.5) is 0 Å². The monoisotopic (exact) mass is 368 g/mol. The second kappa shape index (κ2) is 8.92. The highest BCUT2D eigenvalue weighted by Gasteiger charge is 2.08. The van der Waals surface area contributed by atoms with Gasteiger partial charge in [-0.2, -0.15) is 10.2 Å². The molecule has 0 unspecified atom stereocenters. The van der Waals surface area contributed by atoms with Gasteiger partial charge in [-0.15, -0.1) is 0 Å². The fraction of sp³-hybridized carbons (Fsp3) is 0.158. The molecule has 0 saturated heterocycles. The summed E-state index contributed by atoms with van der Waals surface area (Å²) in [5.41, 5.74) is 5.77. The van der Waals surface area contributed by atoms with Crippen LogP contribution in [0.1, 0.15) is 18.8 Å². The SMILES string of the molecule is C.Cc1[nH]nc(-c2ccncc2)c1Cl.Cc1cc(-c2ccncc2)n[nH]1. The minimum absolute atomic E-state index is 0. The highest BCUT2D eigenvalue weighted by Crippen LogP contribution is 2.26. The molecule has 4 aromatic heterocycles. The van der Waals surface area contributed by atoms with Crippen molar-refractivity contribution in [1.82, 2.24) is 30.4 Å². The van der Waals surface area contributed by atoms with Crippen LogP contribution in [-0.2, 0) is 0 Å². The van der Waals surface area contributed by atoms with Gasteiger partial charge >= 0.3 is 0 Å². The maximum absolute atomic E-state index is 6.03. The average molecular weight is 369 g/mol. The number of aromatic amines is 2. The van der Waals surface area contributed by atoms with Crippen LogP contribution in [0.25, 0.3) is 22.5 Å². The molecule has 134 valence electrons. The zero-order valence-electron chi connectivity index (χ0n) is 13.9. The molecule has 0 aromatic carbocycles. The molecule has 6 nitrogen and oxygen atoms in total. The summed E-state index contributed by atoms with van der Waals surface area (Å²) >= 11 is 6.03. The Bertz CT molecular complexity index is 931. The van der Waals surface area contributed by atoms with E-state index in [-0.39, 0.29) is 7.43 Å². The van der Waals surface area contributed by atoms with E-state index in [1.54, 1.807) is 24.8 Å². The van der Waals surface area contributed by atoms with Gasteiger partial charge in [-0.25, -0.2) is 0 Å². The number of hydrogen-bond acceptors (Lipinski definition) is 4. The lowest BCUT2D eigenvalue weighted by Gasteiger charge is -1.94. The van der Waals surface area contributed by atoms with Crippen molar-refractivity contribution in [3.63, 3.8) is 0 Å². The van der Waals surface area contributed by atoms with Gasteiger partial charge in [-0.05, 0) is 44.2 Å². The number of nitrogens with zero attached hydrogens (tertiary/aromatic N) is 4. The van der Waals surface area contributed by atoms with Gasteiger partial charge in [0.2, 0.25) is 0 Å². The van der Waals surface area contributed by atoms with Crippen LogP contribution >= 0.6 is 11.6 Å². The number of halogens is 1. The third-order valence-electron chi connectivity index (χ3n) is 3.51. The molecular formula is C19H21ClN6. The Morgan fingerprint density at radius 2 is 1.38 bits per heavy atom. The molecule has 26 heavy (non-hydrogen) atoms. The van der Waals surface area contributed by atoms with Crippen molar-refractivity contribution in [2.75, 3.05) is 0 Å². The van der Waals surface area contributed by atoms with Crippen molar-refractivity contribution in [3.8, 4) is 22.5 Å². The lowest BCUT2D eigenvalue weighted by molar-refractivity contribution is 1.05. The summed E-state index contributed by atoms with van der Waals surface area (Å²) in [4.78, 5) is 7.87. The normalized spacial score (nSPS) is 9.81. The van der Waals surface area contributed by atoms with Gasteiger partial charge in [0.15, 0.2) is 0 Å². The van der Waals surface area contributed by atoms with Crippen molar-refractivity contribution in [2.45, 2.75) is 21.3 Å². The number of pyridine rings is 2. The molecular weight excluding hydrogens is 348 g/mol. The average Bonchev–Trinajstić information content (AvgIpc) is 3.23. The number of H-pyrrole nitrogens is 2. The summed E-state index contributed by atoms with van der Waals surface area (Å²) in [6, 6.07) is 9.64. The molecule has 0 amide bonds. The third-order valence-corrected chi connectivity index (χ3v) is 3.97. The van der Waals surface area contributed by atoms with Crippen molar-refractivity contribution < 1.29 is 0 Å². The van der Waals surface area contributed by atoms with Crippen molar-refractivity contribution in [3.05, 3.63) is 71.5 Å². The molecule has 0 aliphatic carbocycles. The zero-order chi connectivity index (χ0) is 17.6. The highest BCUT2D eigenvalue weighted by atomic mass is 35.5. The molecule has 4 aromatic rings. The van der Waals surface area contributed by atoms with E-state index >= 15 is 0 Å². The Morgan fingerprint density at radius 3 is 1.85 bits per heavy atom. The fourth-order valence-electron chi connectivity index (χ4n) is 2.21. The number of aromatic nitrogens is 6. The molecule has 2 N–H and O–H groups in total. The first-order valence-corrected chi connectivity index (χ1v) is 8.06. The van der Waals surface area contributed by atoms with Gasteiger partial charge < -0.3 is 0 Å². The minimum atomic E-state index is 0. The van der Waals surface area contributed by atoms with E-state index < -0.39 is 0 Å². The summed E-state index contributed by atoms with van der Waals surface area (Å²) in [5.74, 6) is 0. The van der Waals surface area contributed by atoms with Crippen LogP contribution in [0.5, 0.6) is 0 Å². The minimum Gasteiger partial charge on any atom is -0.282 e. The predicted octanol–water partition coefficient (Wildman–Crippen LogP) is 4.85. The smallest absolute Gasteiger partial charge is 0.111 e. The molecule has 0 aliphatic rings. The number of rotatable bonds is 2. The van der Waals surface area contributed by atoms with E-state index in [9.17, 15) is 0 Å². The van der Waals surface area contributed by atoms with E-state index in [0.717, 1.165) is 33.9 Å². The second-order valence-electron chi connectivity index (χ2n) is 5.42. The molecule has 4 rings (SSSR count). The molecule has 0 spiro atoms. The van der Waals surface area contributed by atoms with Gasteiger partial charge in [0, 0.05) is 41.6 Å². The van der Waals surface area contributed by atoms with Gasteiger partial charge in [-0.3, -0.25) is 20.2 Å². The van der Waals surface area contributed by atoms with Gasteiger partial charge in [-0.1, -0.05) is 19.0 Å². The predicted molar refractivity (Wildman–Crippen MR) is 105 cm³/mol. The van der Waals surface area contributed by atoms with Crippen molar-refractivity contribution in [2.24, 2.45) is 0 Å². The van der Waals surface area contributed by atoms with Gasteiger partial charge in [0.1, 0.15) is 5.69 Å². The molecule has 0 aliphatic heterocycles. The third kappa shape index (κ3) is 4.55.